The third-order valence-electron chi connectivity index (χ3n) is 5.26. The standard InChI is InChI=1S/C25H23NO5/c1-3-30-19-7-4-6-18(14-19)23(27)21-22(17-11-9-16(2)10-12-17)26(25(29)24(21)28)15-20-8-5-13-31-20/h4-14,22,27H,3,15H2,1-2H3. The van der Waals surface area contributed by atoms with E-state index in [-0.39, 0.29) is 17.9 Å². The number of Topliss-reactive ketones (excluding diaryl/α,β-unsaturated/α-hetero) is 1. The van der Waals surface area contributed by atoms with E-state index >= 15 is 0 Å². The number of ether oxygens (including phenoxy) is 1. The number of amides is 1. The van der Waals surface area contributed by atoms with E-state index in [9.17, 15) is 14.7 Å². The molecule has 1 N–H and O–H groups in total. The van der Waals surface area contributed by atoms with Crippen LogP contribution in [0.25, 0.3) is 5.76 Å². The van der Waals surface area contributed by atoms with Crippen LogP contribution in [0.3, 0.4) is 0 Å². The molecule has 158 valence electrons. The number of nitrogens with zero attached hydrogens (tertiary/aromatic N) is 1. The molecule has 4 rings (SSSR count). The van der Waals surface area contributed by atoms with Crippen LogP contribution in [0.1, 0.15) is 35.4 Å². The minimum absolute atomic E-state index is 0.0501. The van der Waals surface area contributed by atoms with Gasteiger partial charge in [-0.25, -0.2) is 0 Å². The van der Waals surface area contributed by atoms with Gasteiger partial charge in [-0.3, -0.25) is 9.59 Å². The predicted octanol–water partition coefficient (Wildman–Crippen LogP) is 4.61. The van der Waals surface area contributed by atoms with Gasteiger partial charge in [0.2, 0.25) is 0 Å². The summed E-state index contributed by atoms with van der Waals surface area (Å²) in [5.74, 6) is -0.506. The Balaban J connectivity index is 1.84. The normalized spacial score (nSPS) is 17.9. The van der Waals surface area contributed by atoms with Crippen molar-refractivity contribution in [1.29, 1.82) is 0 Å². The number of ketones is 1. The third kappa shape index (κ3) is 3.97. The van der Waals surface area contributed by atoms with E-state index < -0.39 is 17.7 Å². The highest BCUT2D eigenvalue weighted by Gasteiger charge is 2.46. The number of rotatable bonds is 6. The minimum Gasteiger partial charge on any atom is -0.507 e. The van der Waals surface area contributed by atoms with E-state index in [1.807, 2.05) is 38.1 Å². The fourth-order valence-corrected chi connectivity index (χ4v) is 3.76. The van der Waals surface area contributed by atoms with E-state index in [4.69, 9.17) is 9.15 Å². The van der Waals surface area contributed by atoms with Crippen molar-refractivity contribution < 1.29 is 23.8 Å². The summed E-state index contributed by atoms with van der Waals surface area (Å²) in [6, 6.07) is 17.2. The van der Waals surface area contributed by atoms with Crippen LogP contribution in [0.15, 0.2) is 76.9 Å². The monoisotopic (exact) mass is 417 g/mol. The van der Waals surface area contributed by atoms with E-state index in [1.165, 1.54) is 11.2 Å². The summed E-state index contributed by atoms with van der Waals surface area (Å²) in [4.78, 5) is 27.4. The fraction of sp³-hybridized carbons (Fsp3) is 0.200. The highest BCUT2D eigenvalue weighted by Crippen LogP contribution is 2.40. The van der Waals surface area contributed by atoms with Gasteiger partial charge < -0.3 is 19.2 Å². The van der Waals surface area contributed by atoms with Gasteiger partial charge in [0.25, 0.3) is 11.7 Å². The van der Waals surface area contributed by atoms with Crippen LogP contribution in [0, 0.1) is 6.92 Å². The molecule has 1 aromatic heterocycles. The van der Waals surface area contributed by atoms with Crippen molar-refractivity contribution in [1.82, 2.24) is 4.90 Å². The average Bonchev–Trinajstić information content (AvgIpc) is 3.37. The maximum absolute atomic E-state index is 13.0. The van der Waals surface area contributed by atoms with Gasteiger partial charge >= 0.3 is 0 Å². The Bertz CT molecular complexity index is 1130. The Morgan fingerprint density at radius 1 is 1.10 bits per heavy atom. The summed E-state index contributed by atoms with van der Waals surface area (Å²) < 4.78 is 10.9. The van der Waals surface area contributed by atoms with E-state index in [1.54, 1.807) is 36.4 Å². The smallest absolute Gasteiger partial charge is 0.296 e. The van der Waals surface area contributed by atoms with Crippen LogP contribution in [-0.4, -0.2) is 28.3 Å². The SMILES string of the molecule is CCOc1cccc(C(O)=C2C(=O)C(=O)N(Cc3ccco3)C2c2ccc(C)cc2)c1. The number of hydrogen-bond acceptors (Lipinski definition) is 5. The summed E-state index contributed by atoms with van der Waals surface area (Å²) in [7, 11) is 0. The van der Waals surface area contributed by atoms with Crippen molar-refractivity contribution in [2.75, 3.05) is 6.61 Å². The number of carbonyl (C=O) groups excluding carboxylic acids is 2. The first kappa shape index (κ1) is 20.5. The molecule has 6 nitrogen and oxygen atoms in total. The second-order valence-corrected chi connectivity index (χ2v) is 7.38. The van der Waals surface area contributed by atoms with E-state index in [0.717, 1.165) is 11.1 Å². The predicted molar refractivity (Wildman–Crippen MR) is 115 cm³/mol. The first-order valence-electron chi connectivity index (χ1n) is 10.1. The summed E-state index contributed by atoms with van der Waals surface area (Å²) in [5.41, 5.74) is 2.25. The second kappa shape index (κ2) is 8.52. The molecular weight excluding hydrogens is 394 g/mol. The molecule has 0 bridgehead atoms. The Morgan fingerprint density at radius 3 is 2.55 bits per heavy atom. The molecule has 1 atom stereocenters. The van der Waals surface area contributed by atoms with Crippen LogP contribution in [0.5, 0.6) is 5.75 Å². The zero-order chi connectivity index (χ0) is 22.0. The van der Waals surface area contributed by atoms with Gasteiger partial charge in [0.15, 0.2) is 0 Å². The number of carbonyl (C=O) groups is 2. The number of furan rings is 1. The number of aliphatic hydroxyl groups excluding tert-OH is 1. The number of aryl methyl sites for hydroxylation is 1. The molecule has 1 aliphatic heterocycles. The number of hydrogen-bond donors (Lipinski definition) is 1. The highest BCUT2D eigenvalue weighted by atomic mass is 16.5. The second-order valence-electron chi connectivity index (χ2n) is 7.38. The lowest BCUT2D eigenvalue weighted by atomic mass is 9.94. The molecule has 1 unspecified atom stereocenters. The van der Waals surface area contributed by atoms with Gasteiger partial charge in [0, 0.05) is 5.56 Å². The lowest BCUT2D eigenvalue weighted by Crippen LogP contribution is -2.29. The van der Waals surface area contributed by atoms with Gasteiger partial charge in [0.05, 0.1) is 31.0 Å². The van der Waals surface area contributed by atoms with E-state index in [2.05, 4.69) is 0 Å². The van der Waals surface area contributed by atoms with Crippen LogP contribution >= 0.6 is 0 Å². The molecular formula is C25H23NO5. The molecule has 6 heteroatoms. The van der Waals surface area contributed by atoms with Crippen LogP contribution in [0.2, 0.25) is 0 Å². The molecule has 0 radical (unpaired) electrons. The van der Waals surface area contributed by atoms with Crippen molar-refractivity contribution in [3.63, 3.8) is 0 Å². The molecule has 1 fully saturated rings. The maximum Gasteiger partial charge on any atom is 0.296 e. The largest absolute Gasteiger partial charge is 0.507 e. The Hall–Kier alpha value is -3.80. The maximum atomic E-state index is 13.0. The van der Waals surface area contributed by atoms with Crippen molar-refractivity contribution in [2.24, 2.45) is 0 Å². The van der Waals surface area contributed by atoms with Crippen molar-refractivity contribution in [2.45, 2.75) is 26.4 Å². The van der Waals surface area contributed by atoms with Crippen LogP contribution in [-0.2, 0) is 16.1 Å². The van der Waals surface area contributed by atoms with Gasteiger partial charge in [-0.15, -0.1) is 0 Å². The van der Waals surface area contributed by atoms with Crippen molar-refractivity contribution in [3.8, 4) is 5.75 Å². The fourth-order valence-electron chi connectivity index (χ4n) is 3.76. The molecule has 3 aromatic rings. The van der Waals surface area contributed by atoms with Crippen molar-refractivity contribution >= 4 is 17.4 Å². The molecule has 0 aliphatic carbocycles. The average molecular weight is 417 g/mol. The van der Waals surface area contributed by atoms with E-state index in [0.29, 0.717) is 23.7 Å². The molecule has 1 saturated heterocycles. The minimum atomic E-state index is -0.735. The molecule has 0 saturated carbocycles. The topological polar surface area (TPSA) is 80.0 Å². The molecule has 31 heavy (non-hydrogen) atoms. The summed E-state index contributed by atoms with van der Waals surface area (Å²) in [6.07, 6.45) is 1.52. The first-order chi connectivity index (χ1) is 15.0. The molecule has 1 amide bonds. The molecule has 1 aliphatic rings. The molecule has 2 heterocycles. The summed E-state index contributed by atoms with van der Waals surface area (Å²) in [5, 5.41) is 11.1. The quantitative estimate of drug-likeness (QED) is 0.360. The van der Waals surface area contributed by atoms with Crippen LogP contribution < -0.4 is 4.74 Å². The van der Waals surface area contributed by atoms with Crippen LogP contribution in [0.4, 0.5) is 0 Å². The van der Waals surface area contributed by atoms with Crippen molar-refractivity contribution in [3.05, 3.63) is 95.0 Å². The lowest BCUT2D eigenvalue weighted by molar-refractivity contribution is -0.140. The summed E-state index contributed by atoms with van der Waals surface area (Å²) >= 11 is 0. The number of aliphatic hydroxyl groups is 1. The molecule has 2 aromatic carbocycles. The zero-order valence-electron chi connectivity index (χ0n) is 17.4. The zero-order valence-corrected chi connectivity index (χ0v) is 17.4. The summed E-state index contributed by atoms with van der Waals surface area (Å²) in [6.45, 7) is 4.42. The third-order valence-corrected chi connectivity index (χ3v) is 5.26. The number of likely N-dealkylation sites (tertiary alicyclic amines) is 1. The highest BCUT2D eigenvalue weighted by molar-refractivity contribution is 6.46. The van der Waals surface area contributed by atoms with Gasteiger partial charge in [-0.2, -0.15) is 0 Å². The van der Waals surface area contributed by atoms with Gasteiger partial charge in [-0.05, 0) is 43.7 Å². The molecule has 0 spiro atoms. The van der Waals surface area contributed by atoms with Gasteiger partial charge in [0.1, 0.15) is 17.3 Å². The van der Waals surface area contributed by atoms with Gasteiger partial charge in [-0.1, -0.05) is 42.0 Å². The number of benzene rings is 2. The Morgan fingerprint density at radius 2 is 1.87 bits per heavy atom. The first-order valence-corrected chi connectivity index (χ1v) is 10.1. The lowest BCUT2D eigenvalue weighted by Gasteiger charge is -2.24. The Labute approximate surface area is 180 Å². The Kier molecular flexibility index (Phi) is 5.62.